The van der Waals surface area contributed by atoms with Gasteiger partial charge in [-0.15, -0.1) is 0 Å². The number of aromatic nitrogens is 2. The van der Waals surface area contributed by atoms with Crippen LogP contribution in [0.25, 0.3) is 21.8 Å². The number of para-hydroxylation sites is 3. The van der Waals surface area contributed by atoms with Gasteiger partial charge in [0, 0.05) is 42.4 Å². The molecule has 2 heterocycles. The molecule has 6 aromatic rings. The highest BCUT2D eigenvalue weighted by Gasteiger charge is 2.41. The van der Waals surface area contributed by atoms with E-state index in [1.807, 2.05) is 30.3 Å². The van der Waals surface area contributed by atoms with Crippen molar-refractivity contribution in [2.75, 3.05) is 25.1 Å². The van der Waals surface area contributed by atoms with Gasteiger partial charge in [0.2, 0.25) is 5.78 Å². The second-order valence-electron chi connectivity index (χ2n) is 12.7. The van der Waals surface area contributed by atoms with E-state index < -0.39 is 0 Å². The van der Waals surface area contributed by atoms with Crippen LogP contribution < -0.4 is 14.2 Å². The van der Waals surface area contributed by atoms with E-state index in [-0.39, 0.29) is 5.78 Å². The SMILES string of the molecule is COc1cccc2c1N(CCCn1c(C)[n+](CC(=O)c3ccc4ccccc4c3)c3ccccc31)C[C@@H]1Cc3ccc(Br)cc3[C@H]21. The molecule has 0 N–H and O–H groups in total. The normalized spacial score (nSPS) is 16.8. The summed E-state index contributed by atoms with van der Waals surface area (Å²) in [6.45, 7) is 5.26. The monoisotopic (exact) mass is 670 g/mol. The Morgan fingerprint density at radius 2 is 1.72 bits per heavy atom. The molecule has 0 radical (unpaired) electrons. The number of methoxy groups -OCH3 is 1. The van der Waals surface area contributed by atoms with Crippen molar-refractivity contribution in [2.24, 2.45) is 5.92 Å². The third-order valence-electron chi connectivity index (χ3n) is 10.2. The number of aryl methyl sites for hydroxylation is 1. The Morgan fingerprint density at radius 1 is 0.891 bits per heavy atom. The molecule has 230 valence electrons. The van der Waals surface area contributed by atoms with E-state index in [9.17, 15) is 4.79 Å². The number of Topliss-reactive ketones (excluding diaryl/α,β-unsaturated/α-hetero) is 1. The van der Waals surface area contributed by atoms with Gasteiger partial charge in [0.15, 0.2) is 17.6 Å². The Bertz CT molecular complexity index is 2130. The van der Waals surface area contributed by atoms with E-state index in [1.54, 1.807) is 7.11 Å². The van der Waals surface area contributed by atoms with Gasteiger partial charge >= 0.3 is 0 Å². The summed E-state index contributed by atoms with van der Waals surface area (Å²) in [5.41, 5.74) is 8.54. The van der Waals surface area contributed by atoms with Crippen molar-refractivity contribution in [3.8, 4) is 5.75 Å². The molecule has 5 aromatic carbocycles. The molecular weight excluding hydrogens is 634 g/mol. The number of benzene rings is 5. The smallest absolute Gasteiger partial charge is 0.254 e. The number of imidazole rings is 1. The van der Waals surface area contributed by atoms with E-state index in [1.165, 1.54) is 27.9 Å². The van der Waals surface area contributed by atoms with Crippen LogP contribution in [0.15, 0.2) is 108 Å². The van der Waals surface area contributed by atoms with Crippen LogP contribution in [0.5, 0.6) is 5.75 Å². The van der Waals surface area contributed by atoms with Crippen molar-refractivity contribution in [2.45, 2.75) is 38.8 Å². The third kappa shape index (κ3) is 4.91. The fourth-order valence-electron chi connectivity index (χ4n) is 8.07. The lowest BCUT2D eigenvalue weighted by Gasteiger charge is -2.39. The van der Waals surface area contributed by atoms with Crippen molar-refractivity contribution in [1.29, 1.82) is 0 Å². The Balaban J connectivity index is 1.06. The molecule has 1 aromatic heterocycles. The molecule has 2 atom stereocenters. The fraction of sp³-hybridized carbons (Fsp3) is 0.250. The summed E-state index contributed by atoms with van der Waals surface area (Å²) in [7, 11) is 1.78. The lowest BCUT2D eigenvalue weighted by atomic mass is 9.81. The number of ketones is 1. The van der Waals surface area contributed by atoms with Crippen LogP contribution in [0.4, 0.5) is 5.69 Å². The molecule has 2 aliphatic rings. The number of ether oxygens (including phenoxy) is 1. The summed E-state index contributed by atoms with van der Waals surface area (Å²) < 4.78 is 11.7. The summed E-state index contributed by atoms with van der Waals surface area (Å²) >= 11 is 3.72. The predicted octanol–water partition coefficient (Wildman–Crippen LogP) is 8.26. The third-order valence-corrected chi connectivity index (χ3v) is 10.7. The van der Waals surface area contributed by atoms with E-state index in [0.29, 0.717) is 18.4 Å². The highest BCUT2D eigenvalue weighted by Crippen LogP contribution is 2.52. The van der Waals surface area contributed by atoms with Gasteiger partial charge in [0.25, 0.3) is 5.82 Å². The minimum atomic E-state index is 0.123. The first-order valence-corrected chi connectivity index (χ1v) is 17.0. The first-order valence-electron chi connectivity index (χ1n) is 16.2. The molecule has 0 saturated carbocycles. The molecule has 6 heteroatoms. The largest absolute Gasteiger partial charge is 0.495 e. The molecule has 1 aliphatic heterocycles. The van der Waals surface area contributed by atoms with Crippen LogP contribution in [0, 0.1) is 12.8 Å². The average Bonchev–Trinajstić information content (AvgIpc) is 3.58. The second kappa shape index (κ2) is 11.7. The van der Waals surface area contributed by atoms with E-state index in [0.717, 1.165) is 70.4 Å². The van der Waals surface area contributed by atoms with Crippen LogP contribution in [-0.4, -0.2) is 30.5 Å². The van der Waals surface area contributed by atoms with Crippen LogP contribution in [0.2, 0.25) is 0 Å². The second-order valence-corrected chi connectivity index (χ2v) is 13.7. The molecule has 0 unspecified atom stereocenters. The van der Waals surface area contributed by atoms with Gasteiger partial charge in [-0.25, -0.2) is 9.13 Å². The number of rotatable bonds is 8. The van der Waals surface area contributed by atoms with E-state index in [2.05, 4.69) is 110 Å². The van der Waals surface area contributed by atoms with Crippen LogP contribution >= 0.6 is 15.9 Å². The minimum absolute atomic E-state index is 0.123. The van der Waals surface area contributed by atoms with Crippen LogP contribution in [-0.2, 0) is 19.5 Å². The molecular formula is C40H37BrN3O2+. The Morgan fingerprint density at radius 3 is 2.59 bits per heavy atom. The highest BCUT2D eigenvalue weighted by atomic mass is 79.9. The first-order chi connectivity index (χ1) is 22.5. The number of hydrogen-bond acceptors (Lipinski definition) is 3. The van der Waals surface area contributed by atoms with Gasteiger partial charge in [-0.2, -0.15) is 0 Å². The maximum absolute atomic E-state index is 13.6. The maximum atomic E-state index is 13.6. The quantitative estimate of drug-likeness (QED) is 0.121. The standard InChI is InChI=1S/C40H37BrN3O2/c1-26-43(35-12-5-6-13-36(35)44(26)25-37(45)30-16-15-27-9-3-4-10-28(27)21-30)20-8-19-42-24-31-22-29-17-18-32(41)23-34(29)39(31)33-11-7-14-38(46-2)40(33)42/h3-7,9-18,21,23,31,39H,8,19-20,22,24-25H2,1-2H3/q+1/t31-,39-/m0/s1. The van der Waals surface area contributed by atoms with Crippen molar-refractivity contribution >= 4 is 49.2 Å². The van der Waals surface area contributed by atoms with Gasteiger partial charge in [0.05, 0.1) is 19.3 Å². The summed E-state index contributed by atoms with van der Waals surface area (Å²) in [6, 6.07) is 36.0. The zero-order valence-electron chi connectivity index (χ0n) is 26.2. The van der Waals surface area contributed by atoms with Crippen molar-refractivity contribution in [1.82, 2.24) is 4.57 Å². The number of anilines is 1. The molecule has 0 amide bonds. The van der Waals surface area contributed by atoms with Gasteiger partial charge in [-0.1, -0.05) is 82.7 Å². The van der Waals surface area contributed by atoms with E-state index >= 15 is 0 Å². The average molecular weight is 672 g/mol. The number of hydrogen-bond donors (Lipinski definition) is 0. The molecule has 0 fully saturated rings. The number of nitrogens with zero attached hydrogens (tertiary/aromatic N) is 3. The lowest BCUT2D eigenvalue weighted by molar-refractivity contribution is -0.664. The Kier molecular flexibility index (Phi) is 7.41. The highest BCUT2D eigenvalue weighted by molar-refractivity contribution is 9.10. The van der Waals surface area contributed by atoms with Crippen molar-refractivity contribution < 1.29 is 14.1 Å². The zero-order chi connectivity index (χ0) is 31.4. The Labute approximate surface area is 278 Å². The fourth-order valence-corrected chi connectivity index (χ4v) is 8.45. The van der Waals surface area contributed by atoms with Gasteiger partial charge < -0.3 is 9.64 Å². The minimum Gasteiger partial charge on any atom is -0.495 e. The number of halogens is 1. The zero-order valence-corrected chi connectivity index (χ0v) is 27.8. The number of carbonyl (C=O) groups excluding carboxylic acids is 1. The molecule has 0 saturated heterocycles. The summed E-state index contributed by atoms with van der Waals surface area (Å²) in [4.78, 5) is 16.2. The Hall–Kier alpha value is -4.42. The summed E-state index contributed by atoms with van der Waals surface area (Å²) in [5.74, 6) is 3.11. The van der Waals surface area contributed by atoms with E-state index in [4.69, 9.17) is 4.74 Å². The van der Waals surface area contributed by atoms with Crippen LogP contribution in [0.1, 0.15) is 45.2 Å². The van der Waals surface area contributed by atoms with Gasteiger partial charge in [0.1, 0.15) is 5.75 Å². The molecule has 46 heavy (non-hydrogen) atoms. The van der Waals surface area contributed by atoms with Gasteiger partial charge in [-0.05, 0) is 76.2 Å². The van der Waals surface area contributed by atoms with Crippen molar-refractivity contribution in [3.63, 3.8) is 0 Å². The van der Waals surface area contributed by atoms with Gasteiger partial charge in [-0.3, -0.25) is 4.79 Å². The molecule has 8 rings (SSSR count). The summed E-state index contributed by atoms with van der Waals surface area (Å²) in [5, 5.41) is 2.24. The first kappa shape index (κ1) is 29.0. The molecule has 1 aliphatic carbocycles. The molecule has 0 spiro atoms. The number of carbonyl (C=O) groups is 1. The molecule has 0 bridgehead atoms. The van der Waals surface area contributed by atoms with Crippen molar-refractivity contribution in [3.05, 3.63) is 136 Å². The summed E-state index contributed by atoms with van der Waals surface area (Å²) in [6.07, 6.45) is 2.08. The maximum Gasteiger partial charge on any atom is 0.254 e. The number of fused-ring (bicyclic) bond motifs is 7. The predicted molar refractivity (Wildman–Crippen MR) is 188 cm³/mol. The lowest BCUT2D eigenvalue weighted by Crippen LogP contribution is -2.40. The molecule has 5 nitrogen and oxygen atoms in total. The topological polar surface area (TPSA) is 38.3 Å². The van der Waals surface area contributed by atoms with Crippen LogP contribution in [0.3, 0.4) is 0 Å².